The molecular weight excluding hydrogens is 176 g/mol. The molecule has 0 aromatic rings. The van der Waals surface area contributed by atoms with Crippen LogP contribution in [0.25, 0.3) is 0 Å². The lowest BCUT2D eigenvalue weighted by molar-refractivity contribution is -0.123. The normalized spacial score (nSPS) is 34.1. The first-order chi connectivity index (χ1) is 6.56. The zero-order valence-corrected chi connectivity index (χ0v) is 9.63. The van der Waals surface area contributed by atoms with Crippen molar-refractivity contribution in [2.75, 3.05) is 7.05 Å². The zero-order chi connectivity index (χ0) is 10.7. The first-order valence-corrected chi connectivity index (χ1v) is 5.54. The summed E-state index contributed by atoms with van der Waals surface area (Å²) < 4.78 is 0. The van der Waals surface area contributed by atoms with E-state index in [0.717, 1.165) is 12.3 Å². The van der Waals surface area contributed by atoms with Gasteiger partial charge in [0.25, 0.3) is 0 Å². The Balaban J connectivity index is 2.41. The van der Waals surface area contributed by atoms with Crippen LogP contribution in [0, 0.1) is 11.8 Å². The molecule has 0 radical (unpaired) electrons. The van der Waals surface area contributed by atoms with Crippen LogP contribution in [-0.4, -0.2) is 25.0 Å². The first-order valence-electron chi connectivity index (χ1n) is 5.54. The van der Waals surface area contributed by atoms with Gasteiger partial charge in [-0.15, -0.1) is 0 Å². The molecule has 0 saturated heterocycles. The molecule has 0 heterocycles. The molecule has 3 nitrogen and oxygen atoms in total. The Morgan fingerprint density at radius 1 is 1.36 bits per heavy atom. The smallest absolute Gasteiger partial charge is 0.237 e. The lowest BCUT2D eigenvalue weighted by Gasteiger charge is -2.21. The van der Waals surface area contributed by atoms with Gasteiger partial charge in [0.2, 0.25) is 5.91 Å². The summed E-state index contributed by atoms with van der Waals surface area (Å²) in [7, 11) is 1.81. The quantitative estimate of drug-likeness (QED) is 0.714. The molecule has 4 atom stereocenters. The lowest BCUT2D eigenvalue weighted by Crippen LogP contribution is -2.46. The van der Waals surface area contributed by atoms with Crippen molar-refractivity contribution in [3.05, 3.63) is 0 Å². The Morgan fingerprint density at radius 2 is 2.00 bits per heavy atom. The van der Waals surface area contributed by atoms with Crippen LogP contribution in [0.15, 0.2) is 0 Å². The summed E-state index contributed by atoms with van der Waals surface area (Å²) in [4.78, 5) is 11.6. The first kappa shape index (κ1) is 11.5. The SMILES string of the molecule is CNC(C)C(=O)NC1CCC(C)C1C. The van der Waals surface area contributed by atoms with Crippen LogP contribution < -0.4 is 10.6 Å². The highest BCUT2D eigenvalue weighted by atomic mass is 16.2. The van der Waals surface area contributed by atoms with Crippen LogP contribution in [0.3, 0.4) is 0 Å². The average Bonchev–Trinajstić information content (AvgIpc) is 2.48. The van der Waals surface area contributed by atoms with Crippen molar-refractivity contribution in [2.45, 2.75) is 45.7 Å². The molecule has 1 amide bonds. The van der Waals surface area contributed by atoms with Gasteiger partial charge in [0.15, 0.2) is 0 Å². The molecule has 4 unspecified atom stereocenters. The molecule has 0 aromatic heterocycles. The Labute approximate surface area is 86.6 Å². The molecule has 3 heteroatoms. The van der Waals surface area contributed by atoms with E-state index >= 15 is 0 Å². The fraction of sp³-hybridized carbons (Fsp3) is 0.909. The molecule has 0 aliphatic heterocycles. The predicted octanol–water partition coefficient (Wildman–Crippen LogP) is 1.15. The third kappa shape index (κ3) is 2.47. The highest BCUT2D eigenvalue weighted by Gasteiger charge is 2.31. The third-order valence-electron chi connectivity index (χ3n) is 3.62. The maximum absolute atomic E-state index is 11.6. The zero-order valence-electron chi connectivity index (χ0n) is 9.63. The Hall–Kier alpha value is -0.570. The van der Waals surface area contributed by atoms with Gasteiger partial charge in [-0.25, -0.2) is 0 Å². The number of carbonyl (C=O) groups excluding carboxylic acids is 1. The van der Waals surface area contributed by atoms with E-state index < -0.39 is 0 Å². The number of amides is 1. The van der Waals surface area contributed by atoms with E-state index in [2.05, 4.69) is 24.5 Å². The van der Waals surface area contributed by atoms with E-state index in [-0.39, 0.29) is 11.9 Å². The summed E-state index contributed by atoms with van der Waals surface area (Å²) in [5.74, 6) is 1.48. The number of carbonyl (C=O) groups is 1. The number of likely N-dealkylation sites (N-methyl/N-ethyl adjacent to an activating group) is 1. The van der Waals surface area contributed by atoms with Gasteiger partial charge in [-0.05, 0) is 38.6 Å². The van der Waals surface area contributed by atoms with Crippen molar-refractivity contribution in [1.29, 1.82) is 0 Å². The predicted molar refractivity (Wildman–Crippen MR) is 58.0 cm³/mol. The van der Waals surface area contributed by atoms with E-state index in [1.807, 2.05) is 14.0 Å². The van der Waals surface area contributed by atoms with Crippen molar-refractivity contribution in [3.63, 3.8) is 0 Å². The third-order valence-corrected chi connectivity index (χ3v) is 3.62. The maximum Gasteiger partial charge on any atom is 0.237 e. The van der Waals surface area contributed by atoms with Crippen LogP contribution >= 0.6 is 0 Å². The average molecular weight is 198 g/mol. The molecule has 1 aliphatic rings. The summed E-state index contributed by atoms with van der Waals surface area (Å²) >= 11 is 0. The molecule has 14 heavy (non-hydrogen) atoms. The van der Waals surface area contributed by atoms with E-state index in [9.17, 15) is 4.79 Å². The Kier molecular flexibility index (Phi) is 3.93. The number of nitrogens with one attached hydrogen (secondary N) is 2. The summed E-state index contributed by atoms with van der Waals surface area (Å²) in [6.45, 7) is 6.38. The van der Waals surface area contributed by atoms with Gasteiger partial charge in [-0.2, -0.15) is 0 Å². The minimum atomic E-state index is -0.0851. The summed E-state index contributed by atoms with van der Waals surface area (Å²) in [6.07, 6.45) is 2.37. The van der Waals surface area contributed by atoms with Crippen molar-refractivity contribution in [2.24, 2.45) is 11.8 Å². The number of hydrogen-bond donors (Lipinski definition) is 2. The molecule has 1 rings (SSSR count). The highest BCUT2D eigenvalue weighted by Crippen LogP contribution is 2.30. The van der Waals surface area contributed by atoms with E-state index in [4.69, 9.17) is 0 Å². The van der Waals surface area contributed by atoms with E-state index in [1.165, 1.54) is 6.42 Å². The summed E-state index contributed by atoms with van der Waals surface area (Å²) in [6, 6.07) is 0.298. The van der Waals surface area contributed by atoms with Crippen LogP contribution in [0.1, 0.15) is 33.6 Å². The van der Waals surface area contributed by atoms with Crippen molar-refractivity contribution in [1.82, 2.24) is 10.6 Å². The monoisotopic (exact) mass is 198 g/mol. The molecule has 2 N–H and O–H groups in total. The molecule has 0 aromatic carbocycles. The lowest BCUT2D eigenvalue weighted by atomic mass is 9.97. The van der Waals surface area contributed by atoms with Gasteiger partial charge >= 0.3 is 0 Å². The topological polar surface area (TPSA) is 41.1 Å². The van der Waals surface area contributed by atoms with Crippen LogP contribution in [0.4, 0.5) is 0 Å². The molecule has 1 fully saturated rings. The fourth-order valence-corrected chi connectivity index (χ4v) is 2.01. The summed E-state index contributed by atoms with van der Waals surface area (Å²) in [5.41, 5.74) is 0. The Bertz CT molecular complexity index is 205. The van der Waals surface area contributed by atoms with Gasteiger partial charge in [-0.1, -0.05) is 13.8 Å². The molecule has 0 bridgehead atoms. The molecule has 1 aliphatic carbocycles. The molecule has 82 valence electrons. The summed E-state index contributed by atoms with van der Waals surface area (Å²) in [5, 5.41) is 6.06. The molecule has 0 spiro atoms. The standard InChI is InChI=1S/C11H22N2O/c1-7-5-6-10(8(7)2)13-11(14)9(3)12-4/h7-10,12H,5-6H2,1-4H3,(H,13,14). The number of rotatable bonds is 3. The molecule has 1 saturated carbocycles. The van der Waals surface area contributed by atoms with Crippen molar-refractivity contribution < 1.29 is 4.79 Å². The van der Waals surface area contributed by atoms with Gasteiger partial charge in [0, 0.05) is 6.04 Å². The van der Waals surface area contributed by atoms with Gasteiger partial charge in [0.1, 0.15) is 0 Å². The second kappa shape index (κ2) is 4.78. The maximum atomic E-state index is 11.6. The van der Waals surface area contributed by atoms with Crippen LogP contribution in [0.5, 0.6) is 0 Å². The van der Waals surface area contributed by atoms with E-state index in [1.54, 1.807) is 0 Å². The largest absolute Gasteiger partial charge is 0.352 e. The minimum Gasteiger partial charge on any atom is -0.352 e. The number of hydrogen-bond acceptors (Lipinski definition) is 2. The van der Waals surface area contributed by atoms with Gasteiger partial charge < -0.3 is 10.6 Å². The van der Waals surface area contributed by atoms with Gasteiger partial charge in [0.05, 0.1) is 6.04 Å². The van der Waals surface area contributed by atoms with Crippen molar-refractivity contribution >= 4 is 5.91 Å². The Morgan fingerprint density at radius 3 is 2.43 bits per heavy atom. The van der Waals surface area contributed by atoms with Crippen molar-refractivity contribution in [3.8, 4) is 0 Å². The van der Waals surface area contributed by atoms with Crippen LogP contribution in [0.2, 0.25) is 0 Å². The second-order valence-corrected chi connectivity index (χ2v) is 4.54. The second-order valence-electron chi connectivity index (χ2n) is 4.54. The molecular formula is C11H22N2O. The fourth-order valence-electron chi connectivity index (χ4n) is 2.01. The minimum absolute atomic E-state index is 0.0851. The van der Waals surface area contributed by atoms with Crippen LogP contribution in [-0.2, 0) is 4.79 Å². The van der Waals surface area contributed by atoms with E-state index in [0.29, 0.717) is 12.0 Å². The highest BCUT2D eigenvalue weighted by molar-refractivity contribution is 5.81. The van der Waals surface area contributed by atoms with Gasteiger partial charge in [-0.3, -0.25) is 4.79 Å².